The van der Waals surface area contributed by atoms with Gasteiger partial charge in [0.25, 0.3) is 5.91 Å². The molecule has 3 aromatic rings. The molecule has 0 atom stereocenters. The molecule has 0 radical (unpaired) electrons. The first-order valence-electron chi connectivity index (χ1n) is 6.10. The first-order chi connectivity index (χ1) is 9.74. The van der Waals surface area contributed by atoms with Crippen LogP contribution in [-0.4, -0.2) is 15.9 Å². The van der Waals surface area contributed by atoms with E-state index in [0.29, 0.717) is 11.4 Å². The van der Waals surface area contributed by atoms with Crippen LogP contribution in [0.25, 0.3) is 10.8 Å². The van der Waals surface area contributed by atoms with Crippen LogP contribution in [0.4, 0.5) is 11.5 Å². The average Bonchev–Trinajstić information content (AvgIpc) is 2.47. The number of nitrogens with two attached hydrogens (primary N) is 1. The Balaban J connectivity index is 1.99. The van der Waals surface area contributed by atoms with E-state index in [1.165, 1.54) is 0 Å². The highest BCUT2D eigenvalue weighted by Crippen LogP contribution is 2.22. The fourth-order valence-electron chi connectivity index (χ4n) is 2.00. The molecule has 5 heteroatoms. The Morgan fingerprint density at radius 2 is 2.00 bits per heavy atom. The lowest BCUT2D eigenvalue weighted by Gasteiger charge is -2.09. The van der Waals surface area contributed by atoms with E-state index in [4.69, 9.17) is 5.73 Å². The number of anilines is 2. The third-order valence-electron chi connectivity index (χ3n) is 2.98. The van der Waals surface area contributed by atoms with Crippen LogP contribution in [0.15, 0.2) is 55.0 Å². The number of nitrogens with one attached hydrogen (secondary N) is 1. The van der Waals surface area contributed by atoms with E-state index in [0.717, 1.165) is 16.5 Å². The number of carbonyl (C=O) groups is 1. The van der Waals surface area contributed by atoms with E-state index in [9.17, 15) is 4.79 Å². The molecule has 2 heterocycles. The molecule has 0 saturated heterocycles. The number of nitrogens with zero attached hydrogens (tertiary/aromatic N) is 2. The summed E-state index contributed by atoms with van der Waals surface area (Å²) >= 11 is 0. The van der Waals surface area contributed by atoms with Crippen LogP contribution in [-0.2, 0) is 0 Å². The minimum absolute atomic E-state index is 0.363. The predicted molar refractivity (Wildman–Crippen MR) is 77.8 cm³/mol. The largest absolute Gasteiger partial charge is 0.365 e. The van der Waals surface area contributed by atoms with Crippen LogP contribution in [0.3, 0.4) is 0 Å². The Hall–Kier alpha value is -2.95. The zero-order valence-corrected chi connectivity index (χ0v) is 10.6. The van der Waals surface area contributed by atoms with Crippen molar-refractivity contribution in [2.24, 2.45) is 5.73 Å². The number of hydrogen-bond acceptors (Lipinski definition) is 4. The summed E-state index contributed by atoms with van der Waals surface area (Å²) in [5, 5.41) is 5.22. The average molecular weight is 264 g/mol. The molecule has 0 bridgehead atoms. The fraction of sp³-hybridized carbons (Fsp3) is 0. The molecule has 1 amide bonds. The molecule has 0 fully saturated rings. The standard InChI is InChI=1S/C15H12N4O/c16-14(20)13-2-1-6-18-15(13)19-12-4-3-11-9-17-7-5-10(11)8-12/h1-9H,(H2,16,20)(H,18,19). The van der Waals surface area contributed by atoms with E-state index < -0.39 is 5.91 Å². The van der Waals surface area contributed by atoms with E-state index >= 15 is 0 Å². The minimum Gasteiger partial charge on any atom is -0.365 e. The van der Waals surface area contributed by atoms with Crippen molar-refractivity contribution >= 4 is 28.2 Å². The maximum absolute atomic E-state index is 11.4. The van der Waals surface area contributed by atoms with Crippen LogP contribution in [0.2, 0.25) is 0 Å². The van der Waals surface area contributed by atoms with Crippen LogP contribution in [0, 0.1) is 0 Å². The van der Waals surface area contributed by atoms with Crippen LogP contribution in [0.5, 0.6) is 0 Å². The molecule has 0 unspecified atom stereocenters. The Bertz CT molecular complexity index is 785. The molecule has 5 nitrogen and oxygen atoms in total. The first kappa shape index (κ1) is 12.1. The van der Waals surface area contributed by atoms with Crippen molar-refractivity contribution in [3.63, 3.8) is 0 Å². The Morgan fingerprint density at radius 1 is 1.10 bits per heavy atom. The predicted octanol–water partition coefficient (Wildman–Crippen LogP) is 2.47. The molecule has 3 rings (SSSR count). The van der Waals surface area contributed by atoms with Crippen molar-refractivity contribution in [3.8, 4) is 0 Å². The van der Waals surface area contributed by atoms with E-state index in [1.807, 2.05) is 24.3 Å². The van der Waals surface area contributed by atoms with E-state index in [1.54, 1.807) is 30.7 Å². The number of hydrogen-bond donors (Lipinski definition) is 2. The summed E-state index contributed by atoms with van der Waals surface area (Å²) in [7, 11) is 0. The van der Waals surface area contributed by atoms with Gasteiger partial charge in [0.2, 0.25) is 0 Å². The molecule has 0 saturated carbocycles. The number of pyridine rings is 2. The van der Waals surface area contributed by atoms with Gasteiger partial charge in [-0.3, -0.25) is 9.78 Å². The highest BCUT2D eigenvalue weighted by atomic mass is 16.1. The molecule has 0 aliphatic heterocycles. The van der Waals surface area contributed by atoms with Gasteiger partial charge in [0.1, 0.15) is 5.82 Å². The molecule has 1 aromatic carbocycles. The molecule has 0 aliphatic rings. The van der Waals surface area contributed by atoms with Crippen molar-refractivity contribution in [3.05, 3.63) is 60.6 Å². The second-order valence-corrected chi connectivity index (χ2v) is 4.33. The minimum atomic E-state index is -0.509. The Labute approximate surface area is 115 Å². The van der Waals surface area contributed by atoms with Crippen molar-refractivity contribution in [2.45, 2.75) is 0 Å². The number of fused-ring (bicyclic) bond motifs is 1. The zero-order chi connectivity index (χ0) is 13.9. The molecular weight excluding hydrogens is 252 g/mol. The quantitative estimate of drug-likeness (QED) is 0.761. The summed E-state index contributed by atoms with van der Waals surface area (Å²) in [5.41, 5.74) is 6.53. The number of benzene rings is 1. The summed E-state index contributed by atoms with van der Waals surface area (Å²) in [6, 6.07) is 11.1. The van der Waals surface area contributed by atoms with E-state index in [-0.39, 0.29) is 0 Å². The first-order valence-corrected chi connectivity index (χ1v) is 6.10. The summed E-state index contributed by atoms with van der Waals surface area (Å²) in [4.78, 5) is 19.6. The number of aromatic nitrogens is 2. The third-order valence-corrected chi connectivity index (χ3v) is 2.98. The smallest absolute Gasteiger partial charge is 0.252 e. The van der Waals surface area contributed by atoms with Gasteiger partial charge in [0.05, 0.1) is 5.56 Å². The van der Waals surface area contributed by atoms with E-state index in [2.05, 4.69) is 15.3 Å². The lowest BCUT2D eigenvalue weighted by Crippen LogP contribution is -2.14. The van der Waals surface area contributed by atoms with Crippen LogP contribution < -0.4 is 11.1 Å². The zero-order valence-electron chi connectivity index (χ0n) is 10.6. The maximum Gasteiger partial charge on any atom is 0.252 e. The number of carbonyl (C=O) groups excluding carboxylic acids is 1. The lowest BCUT2D eigenvalue weighted by molar-refractivity contribution is 0.100. The molecule has 2 aromatic heterocycles. The lowest BCUT2D eigenvalue weighted by atomic mass is 10.1. The molecule has 3 N–H and O–H groups in total. The van der Waals surface area contributed by atoms with Gasteiger partial charge in [0.15, 0.2) is 0 Å². The number of rotatable bonds is 3. The summed E-state index contributed by atoms with van der Waals surface area (Å²) in [5.74, 6) is -0.0565. The van der Waals surface area contributed by atoms with Crippen molar-refractivity contribution in [1.29, 1.82) is 0 Å². The van der Waals surface area contributed by atoms with Crippen molar-refractivity contribution in [1.82, 2.24) is 9.97 Å². The maximum atomic E-state index is 11.4. The Morgan fingerprint density at radius 3 is 2.85 bits per heavy atom. The molecule has 0 aliphatic carbocycles. The van der Waals surface area contributed by atoms with Crippen molar-refractivity contribution in [2.75, 3.05) is 5.32 Å². The number of amides is 1. The molecule has 98 valence electrons. The summed E-state index contributed by atoms with van der Waals surface area (Å²) < 4.78 is 0. The molecular formula is C15H12N4O. The molecule has 0 spiro atoms. The second-order valence-electron chi connectivity index (χ2n) is 4.33. The van der Waals surface area contributed by atoms with Gasteiger partial charge in [-0.2, -0.15) is 0 Å². The second kappa shape index (κ2) is 4.97. The van der Waals surface area contributed by atoms with Gasteiger partial charge in [-0.1, -0.05) is 6.07 Å². The molecule has 20 heavy (non-hydrogen) atoms. The van der Waals surface area contributed by atoms with Gasteiger partial charge in [-0.15, -0.1) is 0 Å². The highest BCUT2D eigenvalue weighted by molar-refractivity contribution is 5.98. The summed E-state index contributed by atoms with van der Waals surface area (Å²) in [6.07, 6.45) is 5.15. The summed E-state index contributed by atoms with van der Waals surface area (Å²) in [6.45, 7) is 0. The monoisotopic (exact) mass is 264 g/mol. The van der Waals surface area contributed by atoms with Crippen molar-refractivity contribution < 1.29 is 4.79 Å². The topological polar surface area (TPSA) is 80.9 Å². The fourth-order valence-corrected chi connectivity index (χ4v) is 2.00. The van der Waals surface area contributed by atoms with Gasteiger partial charge < -0.3 is 11.1 Å². The van der Waals surface area contributed by atoms with Gasteiger partial charge in [0, 0.05) is 29.7 Å². The normalized spacial score (nSPS) is 10.4. The van der Waals surface area contributed by atoms with Gasteiger partial charge >= 0.3 is 0 Å². The van der Waals surface area contributed by atoms with Gasteiger partial charge in [-0.05, 0) is 35.7 Å². The van der Waals surface area contributed by atoms with Crippen LogP contribution >= 0.6 is 0 Å². The Kier molecular flexibility index (Phi) is 3.01. The van der Waals surface area contributed by atoms with Gasteiger partial charge in [-0.25, -0.2) is 4.98 Å². The highest BCUT2D eigenvalue weighted by Gasteiger charge is 2.08. The SMILES string of the molecule is NC(=O)c1cccnc1Nc1ccc2cnccc2c1. The third kappa shape index (κ3) is 2.29. The van der Waals surface area contributed by atoms with Crippen LogP contribution in [0.1, 0.15) is 10.4 Å². The number of primary amides is 1.